The average molecular weight is 458 g/mol. The van der Waals surface area contributed by atoms with Gasteiger partial charge in [0.15, 0.2) is 5.43 Å². The maximum absolute atomic E-state index is 13.2. The number of likely N-dealkylation sites (tertiary alicyclic amines) is 1. The van der Waals surface area contributed by atoms with Gasteiger partial charge in [-0.05, 0) is 61.4 Å². The number of hydrogen-bond donors (Lipinski definition) is 1. The van der Waals surface area contributed by atoms with Crippen molar-refractivity contribution in [2.45, 2.75) is 25.4 Å². The third kappa shape index (κ3) is 4.17. The van der Waals surface area contributed by atoms with Gasteiger partial charge in [-0.1, -0.05) is 24.3 Å². The number of para-hydroxylation sites is 2. The summed E-state index contributed by atoms with van der Waals surface area (Å²) in [4.78, 5) is 40.4. The number of nitrogens with one attached hydrogen (secondary N) is 1. The van der Waals surface area contributed by atoms with Gasteiger partial charge >= 0.3 is 0 Å². The van der Waals surface area contributed by atoms with E-state index in [1.807, 2.05) is 45.9 Å². The van der Waals surface area contributed by atoms with Crippen LogP contribution < -0.4 is 10.7 Å². The highest BCUT2D eigenvalue weighted by Crippen LogP contribution is 2.20. The van der Waals surface area contributed by atoms with Gasteiger partial charge in [0, 0.05) is 35.5 Å². The molecule has 1 saturated heterocycles. The fourth-order valence-electron chi connectivity index (χ4n) is 4.63. The van der Waals surface area contributed by atoms with Gasteiger partial charge in [-0.2, -0.15) is 0 Å². The normalized spacial score (nSPS) is 14.4. The van der Waals surface area contributed by atoms with E-state index in [0.717, 1.165) is 11.0 Å². The van der Waals surface area contributed by atoms with Crippen LogP contribution >= 0.6 is 0 Å². The molecule has 0 radical (unpaired) electrons. The first kappa shape index (κ1) is 21.8. The zero-order valence-electron chi connectivity index (χ0n) is 18.5. The highest BCUT2D eigenvalue weighted by atomic mass is 19.1. The van der Waals surface area contributed by atoms with Crippen molar-refractivity contribution in [2.75, 3.05) is 13.1 Å². The number of rotatable bonds is 4. The molecule has 1 N–H and O–H groups in total. The number of amides is 2. The fourth-order valence-corrected chi connectivity index (χ4v) is 4.63. The number of fused-ring (bicyclic) bond motifs is 2. The van der Waals surface area contributed by atoms with Gasteiger partial charge in [0.25, 0.3) is 5.91 Å². The molecule has 1 aliphatic rings. The maximum atomic E-state index is 13.2. The highest BCUT2D eigenvalue weighted by molar-refractivity contribution is 5.95. The Balaban J connectivity index is 1.30. The van der Waals surface area contributed by atoms with E-state index < -0.39 is 0 Å². The van der Waals surface area contributed by atoms with E-state index in [1.165, 1.54) is 24.3 Å². The van der Waals surface area contributed by atoms with Crippen molar-refractivity contribution < 1.29 is 14.0 Å². The smallest absolute Gasteiger partial charge is 0.251 e. The first-order chi connectivity index (χ1) is 16.5. The van der Waals surface area contributed by atoms with Crippen LogP contribution in [-0.2, 0) is 11.3 Å². The number of halogens is 1. The Labute approximate surface area is 195 Å². The predicted molar refractivity (Wildman–Crippen MR) is 129 cm³/mol. The monoisotopic (exact) mass is 457 g/mol. The van der Waals surface area contributed by atoms with Crippen LogP contribution in [0.1, 0.15) is 23.2 Å². The number of carbonyl (C=O) groups is 2. The van der Waals surface area contributed by atoms with Crippen LogP contribution in [0.5, 0.6) is 0 Å². The number of aromatic nitrogens is 1. The van der Waals surface area contributed by atoms with Gasteiger partial charge in [-0.3, -0.25) is 14.4 Å². The predicted octanol–water partition coefficient (Wildman–Crippen LogP) is 3.71. The summed E-state index contributed by atoms with van der Waals surface area (Å²) in [5, 5.41) is 4.17. The second kappa shape index (κ2) is 9.09. The van der Waals surface area contributed by atoms with Crippen molar-refractivity contribution in [3.8, 4) is 0 Å². The van der Waals surface area contributed by atoms with E-state index >= 15 is 0 Å². The first-order valence-corrected chi connectivity index (χ1v) is 11.4. The van der Waals surface area contributed by atoms with Crippen LogP contribution in [0.25, 0.3) is 21.8 Å². The number of piperidine rings is 1. The number of hydrogen-bond acceptors (Lipinski definition) is 3. The van der Waals surface area contributed by atoms with E-state index in [9.17, 15) is 18.8 Å². The maximum Gasteiger partial charge on any atom is 0.251 e. The number of nitrogens with zero attached hydrogens (tertiary/aromatic N) is 2. The molecule has 1 aliphatic heterocycles. The molecule has 172 valence electrons. The van der Waals surface area contributed by atoms with Crippen molar-refractivity contribution in [3.63, 3.8) is 0 Å². The van der Waals surface area contributed by atoms with Crippen LogP contribution in [0.2, 0.25) is 0 Å². The number of benzene rings is 3. The third-order valence-corrected chi connectivity index (χ3v) is 6.46. The summed E-state index contributed by atoms with van der Waals surface area (Å²) in [6, 6.07) is 20.1. The molecule has 2 heterocycles. The van der Waals surface area contributed by atoms with E-state index in [0.29, 0.717) is 42.3 Å². The summed E-state index contributed by atoms with van der Waals surface area (Å²) in [6.45, 7) is 1.19. The Bertz CT molecular complexity index is 1380. The average Bonchev–Trinajstić information content (AvgIpc) is 2.87. The molecule has 2 amide bonds. The fraction of sp³-hybridized carbons (Fsp3) is 0.222. The Hall–Kier alpha value is -4.00. The Morgan fingerprint density at radius 3 is 2.00 bits per heavy atom. The van der Waals surface area contributed by atoms with Crippen molar-refractivity contribution in [1.82, 2.24) is 14.8 Å². The summed E-state index contributed by atoms with van der Waals surface area (Å²) in [6.07, 6.45) is 1.29. The molecule has 7 heteroatoms. The summed E-state index contributed by atoms with van der Waals surface area (Å²) < 4.78 is 15.0. The van der Waals surface area contributed by atoms with Crippen LogP contribution in [0.4, 0.5) is 4.39 Å². The Kier molecular flexibility index (Phi) is 5.84. The molecule has 3 aromatic carbocycles. The van der Waals surface area contributed by atoms with Gasteiger partial charge < -0.3 is 14.8 Å². The van der Waals surface area contributed by atoms with E-state index in [4.69, 9.17) is 0 Å². The lowest BCUT2D eigenvalue weighted by Gasteiger charge is -2.33. The number of pyridine rings is 1. The minimum absolute atomic E-state index is 0.0257. The van der Waals surface area contributed by atoms with Crippen LogP contribution in [0, 0.1) is 5.82 Å². The minimum atomic E-state index is -0.383. The Morgan fingerprint density at radius 1 is 0.853 bits per heavy atom. The van der Waals surface area contributed by atoms with E-state index in [-0.39, 0.29) is 35.6 Å². The lowest BCUT2D eigenvalue weighted by molar-refractivity contribution is -0.132. The summed E-state index contributed by atoms with van der Waals surface area (Å²) in [5.74, 6) is -0.648. The molecule has 0 unspecified atom stereocenters. The molecule has 0 atom stereocenters. The lowest BCUT2D eigenvalue weighted by atomic mass is 10.0. The largest absolute Gasteiger partial charge is 0.349 e. The van der Waals surface area contributed by atoms with Crippen molar-refractivity contribution >= 4 is 33.6 Å². The summed E-state index contributed by atoms with van der Waals surface area (Å²) >= 11 is 0. The minimum Gasteiger partial charge on any atom is -0.349 e. The first-order valence-electron chi connectivity index (χ1n) is 11.4. The molecule has 1 aromatic heterocycles. The molecular formula is C27H24FN3O3. The second-order valence-corrected chi connectivity index (χ2v) is 8.58. The van der Waals surface area contributed by atoms with Crippen molar-refractivity contribution in [2.24, 2.45) is 0 Å². The van der Waals surface area contributed by atoms with Crippen molar-refractivity contribution in [3.05, 3.63) is 94.4 Å². The van der Waals surface area contributed by atoms with Gasteiger partial charge in [0.1, 0.15) is 12.4 Å². The summed E-state index contributed by atoms with van der Waals surface area (Å²) in [7, 11) is 0. The zero-order chi connectivity index (χ0) is 23.7. The van der Waals surface area contributed by atoms with Gasteiger partial charge in [0.05, 0.1) is 11.0 Å². The molecule has 0 saturated carbocycles. The zero-order valence-corrected chi connectivity index (χ0v) is 18.5. The molecular weight excluding hydrogens is 433 g/mol. The van der Waals surface area contributed by atoms with Crippen LogP contribution in [0.15, 0.2) is 77.6 Å². The number of carbonyl (C=O) groups excluding carboxylic acids is 2. The molecule has 5 rings (SSSR count). The highest BCUT2D eigenvalue weighted by Gasteiger charge is 2.25. The molecule has 4 aromatic rings. The van der Waals surface area contributed by atoms with Crippen molar-refractivity contribution in [1.29, 1.82) is 0 Å². The SMILES string of the molecule is O=C(NC1CCN(C(=O)Cn2c3ccccc3c(=O)c3ccccc32)CC1)c1ccc(F)cc1. The van der Waals surface area contributed by atoms with Gasteiger partial charge in [0.2, 0.25) is 5.91 Å². The van der Waals surface area contributed by atoms with Gasteiger partial charge in [-0.25, -0.2) is 4.39 Å². The van der Waals surface area contributed by atoms with Crippen LogP contribution in [0.3, 0.4) is 0 Å². The van der Waals surface area contributed by atoms with Crippen LogP contribution in [-0.4, -0.2) is 40.4 Å². The van der Waals surface area contributed by atoms with Gasteiger partial charge in [-0.15, -0.1) is 0 Å². The summed E-state index contributed by atoms with van der Waals surface area (Å²) in [5.41, 5.74) is 1.85. The molecule has 0 aliphatic carbocycles. The van der Waals surface area contributed by atoms with E-state index in [1.54, 1.807) is 12.1 Å². The quantitative estimate of drug-likeness (QED) is 0.475. The molecule has 6 nitrogen and oxygen atoms in total. The standard InChI is InChI=1S/C27H24FN3O3/c28-19-11-9-18(10-12-19)27(34)29-20-13-15-30(16-14-20)25(32)17-31-23-7-3-1-5-21(23)26(33)22-6-2-4-8-24(22)31/h1-12,20H,13-17H2,(H,29,34). The lowest BCUT2D eigenvalue weighted by Crippen LogP contribution is -2.47. The molecule has 0 bridgehead atoms. The molecule has 1 fully saturated rings. The topological polar surface area (TPSA) is 71.4 Å². The second-order valence-electron chi connectivity index (χ2n) is 8.58. The third-order valence-electron chi connectivity index (χ3n) is 6.46. The van der Waals surface area contributed by atoms with E-state index in [2.05, 4.69) is 5.32 Å². The molecule has 0 spiro atoms. The Morgan fingerprint density at radius 2 is 1.41 bits per heavy atom. The molecule has 34 heavy (non-hydrogen) atoms.